The average molecular weight is 321 g/mol. The maximum atomic E-state index is 11.1. The molecule has 2 heterocycles. The van der Waals surface area contributed by atoms with Gasteiger partial charge >= 0.3 is 0 Å². The van der Waals surface area contributed by atoms with Gasteiger partial charge in [-0.2, -0.15) is 5.01 Å². The number of anilines is 1. The van der Waals surface area contributed by atoms with Gasteiger partial charge < -0.3 is 5.32 Å². The summed E-state index contributed by atoms with van der Waals surface area (Å²) in [4.78, 5) is 23.7. The lowest BCUT2D eigenvalue weighted by Crippen LogP contribution is -2.34. The molecule has 1 aliphatic rings. The second-order valence-corrected chi connectivity index (χ2v) is 4.64. The first-order valence-electron chi connectivity index (χ1n) is 5.62. The Morgan fingerprint density at radius 2 is 2.16 bits per heavy atom. The number of halogens is 1. The SMILES string of the molecule is O=NN(C1=NCCN1)c1ccc2nccnc2c1Br. The van der Waals surface area contributed by atoms with E-state index < -0.39 is 0 Å². The molecule has 3 rings (SSSR count). The third kappa shape index (κ3) is 2.03. The summed E-state index contributed by atoms with van der Waals surface area (Å²) in [5.74, 6) is 0.443. The maximum absolute atomic E-state index is 11.1. The van der Waals surface area contributed by atoms with Crippen molar-refractivity contribution in [2.45, 2.75) is 0 Å². The van der Waals surface area contributed by atoms with Crippen molar-refractivity contribution in [1.29, 1.82) is 0 Å². The molecule has 0 unspecified atom stereocenters. The van der Waals surface area contributed by atoms with Crippen LogP contribution in [0, 0.1) is 4.91 Å². The number of fused-ring (bicyclic) bond motifs is 1. The van der Waals surface area contributed by atoms with Gasteiger partial charge in [0.2, 0.25) is 5.96 Å². The van der Waals surface area contributed by atoms with Crippen molar-refractivity contribution in [2.24, 2.45) is 10.3 Å². The van der Waals surface area contributed by atoms with Gasteiger partial charge in [0.1, 0.15) is 5.52 Å². The van der Waals surface area contributed by atoms with E-state index in [1.165, 1.54) is 5.01 Å². The normalized spacial score (nSPS) is 14.1. The van der Waals surface area contributed by atoms with Crippen LogP contribution in [0.2, 0.25) is 0 Å². The predicted molar refractivity (Wildman–Crippen MR) is 75.8 cm³/mol. The molecular weight excluding hydrogens is 312 g/mol. The molecule has 7 nitrogen and oxygen atoms in total. The van der Waals surface area contributed by atoms with Crippen molar-refractivity contribution in [3.63, 3.8) is 0 Å². The van der Waals surface area contributed by atoms with Crippen molar-refractivity contribution in [3.05, 3.63) is 33.9 Å². The van der Waals surface area contributed by atoms with E-state index in [0.29, 0.717) is 34.7 Å². The minimum atomic E-state index is 0.443. The van der Waals surface area contributed by atoms with Crippen LogP contribution >= 0.6 is 15.9 Å². The van der Waals surface area contributed by atoms with Gasteiger partial charge in [-0.05, 0) is 28.1 Å². The maximum Gasteiger partial charge on any atom is 0.222 e. The number of aromatic nitrogens is 2. The summed E-state index contributed by atoms with van der Waals surface area (Å²) in [5.41, 5.74) is 1.99. The summed E-state index contributed by atoms with van der Waals surface area (Å²) < 4.78 is 0.661. The first-order valence-corrected chi connectivity index (χ1v) is 6.41. The van der Waals surface area contributed by atoms with Gasteiger partial charge in [0.05, 0.1) is 27.5 Å². The molecule has 0 saturated carbocycles. The molecule has 0 aliphatic carbocycles. The predicted octanol–water partition coefficient (Wildman–Crippen LogP) is 1.84. The highest BCUT2D eigenvalue weighted by molar-refractivity contribution is 9.10. The van der Waals surface area contributed by atoms with Crippen LogP contribution in [0.25, 0.3) is 11.0 Å². The number of benzene rings is 1. The average Bonchev–Trinajstić information content (AvgIpc) is 2.96. The molecule has 19 heavy (non-hydrogen) atoms. The Bertz CT molecular complexity index is 673. The molecule has 1 aromatic heterocycles. The van der Waals surface area contributed by atoms with E-state index in [4.69, 9.17) is 0 Å². The Morgan fingerprint density at radius 1 is 1.32 bits per heavy atom. The molecule has 1 aromatic carbocycles. The van der Waals surface area contributed by atoms with Gasteiger partial charge in [0.25, 0.3) is 0 Å². The Kier molecular flexibility index (Phi) is 3.08. The lowest BCUT2D eigenvalue weighted by molar-refractivity contribution is 0.942. The molecule has 0 amide bonds. The highest BCUT2D eigenvalue weighted by Crippen LogP contribution is 2.32. The number of guanidine groups is 1. The first kappa shape index (κ1) is 12.0. The fourth-order valence-electron chi connectivity index (χ4n) is 1.88. The van der Waals surface area contributed by atoms with Crippen LogP contribution in [0.1, 0.15) is 0 Å². The molecule has 8 heteroatoms. The van der Waals surface area contributed by atoms with Crippen molar-refractivity contribution in [2.75, 3.05) is 18.1 Å². The number of aliphatic imine (C=N–C) groups is 1. The lowest BCUT2D eigenvalue weighted by Gasteiger charge is -2.16. The molecular formula is C11H9BrN6O. The van der Waals surface area contributed by atoms with Crippen molar-refractivity contribution < 1.29 is 0 Å². The molecule has 1 aliphatic heterocycles. The molecule has 0 saturated heterocycles. The van der Waals surface area contributed by atoms with Crippen LogP contribution in [-0.2, 0) is 0 Å². The monoisotopic (exact) mass is 320 g/mol. The summed E-state index contributed by atoms with van der Waals surface area (Å²) >= 11 is 3.44. The highest BCUT2D eigenvalue weighted by atomic mass is 79.9. The van der Waals surface area contributed by atoms with Gasteiger partial charge in [-0.3, -0.25) is 9.97 Å². The van der Waals surface area contributed by atoms with Crippen molar-refractivity contribution in [1.82, 2.24) is 15.3 Å². The van der Waals surface area contributed by atoms with Crippen LogP contribution < -0.4 is 10.3 Å². The fraction of sp³-hybridized carbons (Fsp3) is 0.182. The minimum Gasteiger partial charge on any atom is -0.353 e. The minimum absolute atomic E-state index is 0.443. The second kappa shape index (κ2) is 4.88. The Hall–Kier alpha value is -2.09. The number of rotatable bonds is 2. The second-order valence-electron chi connectivity index (χ2n) is 3.85. The van der Waals surface area contributed by atoms with Crippen LogP contribution in [0.5, 0.6) is 0 Å². The number of hydrogen-bond donors (Lipinski definition) is 1. The van der Waals surface area contributed by atoms with Crippen molar-refractivity contribution >= 4 is 38.6 Å². The number of hydrogen-bond acceptors (Lipinski definition) is 6. The van der Waals surface area contributed by atoms with Gasteiger partial charge in [-0.15, -0.1) is 4.91 Å². The van der Waals surface area contributed by atoms with Crippen LogP contribution in [0.3, 0.4) is 0 Å². The molecule has 96 valence electrons. The zero-order valence-corrected chi connectivity index (χ0v) is 11.3. The topological polar surface area (TPSA) is 82.8 Å². The fourth-order valence-corrected chi connectivity index (χ4v) is 2.49. The van der Waals surface area contributed by atoms with Gasteiger partial charge in [-0.25, -0.2) is 4.99 Å². The highest BCUT2D eigenvalue weighted by Gasteiger charge is 2.21. The standard InChI is InChI=1S/C11H9BrN6O/c12-9-8(18(17-19)11-15-5-6-16-11)2-1-7-10(9)14-4-3-13-7/h1-4H,5-6H2,(H,15,16). The van der Waals surface area contributed by atoms with E-state index in [9.17, 15) is 4.91 Å². The largest absolute Gasteiger partial charge is 0.353 e. The molecule has 0 bridgehead atoms. The van der Waals surface area contributed by atoms with E-state index in [0.717, 1.165) is 5.52 Å². The number of nitrogens with one attached hydrogen (secondary N) is 1. The van der Waals surface area contributed by atoms with Crippen LogP contribution in [0.15, 0.2) is 39.3 Å². The van der Waals surface area contributed by atoms with E-state index in [1.807, 2.05) is 0 Å². The quantitative estimate of drug-likeness (QED) is 0.674. The van der Waals surface area contributed by atoms with Crippen LogP contribution in [0.4, 0.5) is 5.69 Å². The Morgan fingerprint density at radius 3 is 2.89 bits per heavy atom. The third-order valence-electron chi connectivity index (χ3n) is 2.73. The van der Waals surface area contributed by atoms with E-state index in [-0.39, 0.29) is 0 Å². The number of nitroso groups, excluding NO2 is 1. The van der Waals surface area contributed by atoms with Gasteiger partial charge in [0, 0.05) is 18.9 Å². The van der Waals surface area contributed by atoms with E-state index >= 15 is 0 Å². The Balaban J connectivity index is 2.13. The zero-order chi connectivity index (χ0) is 13.2. The molecule has 1 N–H and O–H groups in total. The smallest absolute Gasteiger partial charge is 0.222 e. The number of nitrogens with zero attached hydrogens (tertiary/aromatic N) is 5. The lowest BCUT2D eigenvalue weighted by atomic mass is 10.2. The molecule has 2 aromatic rings. The Labute approximate surface area is 116 Å². The van der Waals surface area contributed by atoms with Gasteiger partial charge in [-0.1, -0.05) is 0 Å². The molecule has 0 radical (unpaired) electrons. The molecule has 0 fully saturated rings. The summed E-state index contributed by atoms with van der Waals surface area (Å²) in [5, 5.41) is 7.24. The van der Waals surface area contributed by atoms with Crippen LogP contribution in [-0.4, -0.2) is 29.0 Å². The van der Waals surface area contributed by atoms with Crippen molar-refractivity contribution in [3.8, 4) is 0 Å². The zero-order valence-electron chi connectivity index (χ0n) is 9.75. The van der Waals surface area contributed by atoms with Gasteiger partial charge in [0.15, 0.2) is 0 Å². The molecule has 0 atom stereocenters. The van der Waals surface area contributed by atoms with E-state index in [2.05, 4.69) is 41.5 Å². The summed E-state index contributed by atoms with van der Waals surface area (Å²) in [6.45, 7) is 1.33. The summed E-state index contributed by atoms with van der Waals surface area (Å²) in [6.07, 6.45) is 3.22. The first-order chi connectivity index (χ1) is 9.31. The molecule has 0 spiro atoms. The van der Waals surface area contributed by atoms with E-state index in [1.54, 1.807) is 24.5 Å². The summed E-state index contributed by atoms with van der Waals surface area (Å²) in [7, 11) is 0. The third-order valence-corrected chi connectivity index (χ3v) is 3.51. The summed E-state index contributed by atoms with van der Waals surface area (Å²) in [6, 6.07) is 3.54.